The molecule has 0 aliphatic rings. The van der Waals surface area contributed by atoms with Gasteiger partial charge in [-0.1, -0.05) is 43.0 Å². The number of ether oxygens (including phenoxy) is 1. The van der Waals surface area contributed by atoms with Gasteiger partial charge in [-0.3, -0.25) is 9.59 Å². The molecule has 0 saturated carbocycles. The quantitative estimate of drug-likeness (QED) is 0.756. The third-order valence-electron chi connectivity index (χ3n) is 2.16. The Balaban J connectivity index is 2.50. The lowest BCUT2D eigenvalue weighted by atomic mass is 10.1. The fourth-order valence-corrected chi connectivity index (χ4v) is 1.90. The van der Waals surface area contributed by atoms with Crippen molar-refractivity contribution in [3.05, 3.63) is 35.4 Å². The van der Waals surface area contributed by atoms with E-state index in [1.807, 2.05) is 31.2 Å². The zero-order chi connectivity index (χ0) is 12.7. The highest BCUT2D eigenvalue weighted by Gasteiger charge is 2.04. The summed E-state index contributed by atoms with van der Waals surface area (Å²) in [5.41, 5.74) is 1.78. The van der Waals surface area contributed by atoms with Crippen LogP contribution < -0.4 is 0 Å². The van der Waals surface area contributed by atoms with Crippen molar-refractivity contribution in [3.8, 4) is 0 Å². The summed E-state index contributed by atoms with van der Waals surface area (Å²) in [6, 6.07) is 7.42. The average molecular weight is 252 g/mol. The molecule has 0 aromatic heterocycles. The van der Waals surface area contributed by atoms with Crippen LogP contribution in [0.2, 0.25) is 0 Å². The molecule has 0 saturated heterocycles. The van der Waals surface area contributed by atoms with Gasteiger partial charge in [0.15, 0.2) is 0 Å². The van der Waals surface area contributed by atoms with Gasteiger partial charge in [0.25, 0.3) is 0 Å². The monoisotopic (exact) mass is 252 g/mol. The number of benzene rings is 1. The van der Waals surface area contributed by atoms with Crippen molar-refractivity contribution in [1.29, 1.82) is 0 Å². The maximum Gasteiger partial charge on any atom is 0.302 e. The van der Waals surface area contributed by atoms with E-state index in [2.05, 4.69) is 0 Å². The highest BCUT2D eigenvalue weighted by molar-refractivity contribution is 8.14. The van der Waals surface area contributed by atoms with Crippen LogP contribution in [0.5, 0.6) is 0 Å². The van der Waals surface area contributed by atoms with E-state index in [0.717, 1.165) is 11.3 Å². The Morgan fingerprint density at radius 2 is 1.88 bits per heavy atom. The molecule has 92 valence electrons. The lowest BCUT2D eigenvalue weighted by Gasteiger charge is -2.03. The van der Waals surface area contributed by atoms with Crippen LogP contribution in [0.3, 0.4) is 0 Å². The van der Waals surface area contributed by atoms with Crippen LogP contribution >= 0.6 is 11.8 Å². The van der Waals surface area contributed by atoms with E-state index in [4.69, 9.17) is 4.74 Å². The Morgan fingerprint density at radius 3 is 2.41 bits per heavy atom. The predicted molar refractivity (Wildman–Crippen MR) is 69.2 cm³/mol. The van der Waals surface area contributed by atoms with Crippen LogP contribution in [0.1, 0.15) is 29.8 Å². The second kappa shape index (κ2) is 7.12. The first-order valence-electron chi connectivity index (χ1n) is 5.53. The van der Waals surface area contributed by atoms with Gasteiger partial charge in [-0.15, -0.1) is 0 Å². The maximum absolute atomic E-state index is 11.6. The minimum atomic E-state index is -0.267. The number of hydrogen-bond acceptors (Lipinski definition) is 4. The number of hydrogen-bond donors (Lipinski definition) is 0. The molecule has 1 rings (SSSR count). The van der Waals surface area contributed by atoms with Gasteiger partial charge in [0.2, 0.25) is 5.12 Å². The lowest BCUT2D eigenvalue weighted by molar-refractivity contribution is -0.140. The normalized spacial score (nSPS) is 10.0. The van der Waals surface area contributed by atoms with Crippen molar-refractivity contribution < 1.29 is 14.3 Å². The number of esters is 1. The summed E-state index contributed by atoms with van der Waals surface area (Å²) < 4.78 is 4.85. The van der Waals surface area contributed by atoms with Crippen molar-refractivity contribution >= 4 is 22.8 Å². The van der Waals surface area contributed by atoms with E-state index >= 15 is 0 Å². The molecule has 0 amide bonds. The number of carbonyl (C=O) groups is 2. The van der Waals surface area contributed by atoms with Gasteiger partial charge < -0.3 is 4.74 Å². The van der Waals surface area contributed by atoms with Crippen LogP contribution in [0.25, 0.3) is 0 Å². The van der Waals surface area contributed by atoms with Gasteiger partial charge in [0, 0.05) is 18.9 Å². The van der Waals surface area contributed by atoms with Crippen molar-refractivity contribution in [2.24, 2.45) is 0 Å². The van der Waals surface area contributed by atoms with Crippen molar-refractivity contribution in [1.82, 2.24) is 0 Å². The lowest BCUT2D eigenvalue weighted by Crippen LogP contribution is -2.03. The summed E-state index contributed by atoms with van der Waals surface area (Å²) in [5, 5.41) is 0.0963. The van der Waals surface area contributed by atoms with Crippen LogP contribution in [-0.2, 0) is 16.0 Å². The molecular weight excluding hydrogens is 236 g/mol. The fraction of sp³-hybridized carbons (Fsp3) is 0.385. The molecule has 0 fully saturated rings. The first-order chi connectivity index (χ1) is 8.13. The van der Waals surface area contributed by atoms with Crippen LogP contribution in [-0.4, -0.2) is 23.4 Å². The van der Waals surface area contributed by atoms with E-state index < -0.39 is 0 Å². The molecule has 0 aliphatic carbocycles. The highest BCUT2D eigenvalue weighted by Crippen LogP contribution is 2.13. The first-order valence-corrected chi connectivity index (χ1v) is 6.51. The summed E-state index contributed by atoms with van der Waals surface area (Å²) in [5.74, 6) is 0.517. The van der Waals surface area contributed by atoms with E-state index in [1.54, 1.807) is 0 Å². The Morgan fingerprint density at radius 1 is 1.24 bits per heavy atom. The van der Waals surface area contributed by atoms with Gasteiger partial charge in [0.05, 0.1) is 6.61 Å². The minimum Gasteiger partial charge on any atom is -0.466 e. The Hall–Kier alpha value is -1.29. The molecule has 1 aromatic rings. The summed E-state index contributed by atoms with van der Waals surface area (Å²) in [7, 11) is 0. The van der Waals surface area contributed by atoms with E-state index in [-0.39, 0.29) is 11.1 Å². The molecule has 0 heterocycles. The van der Waals surface area contributed by atoms with Gasteiger partial charge in [0.1, 0.15) is 0 Å². The molecule has 0 N–H and O–H groups in total. The maximum atomic E-state index is 11.6. The van der Waals surface area contributed by atoms with Gasteiger partial charge >= 0.3 is 5.97 Å². The number of thioether (sulfide) groups is 1. The highest BCUT2D eigenvalue weighted by atomic mass is 32.2. The summed E-state index contributed by atoms with van der Waals surface area (Å²) in [4.78, 5) is 22.1. The molecule has 4 heteroatoms. The molecular formula is C13H16O3S. The molecule has 17 heavy (non-hydrogen) atoms. The molecule has 0 spiro atoms. The topological polar surface area (TPSA) is 43.4 Å². The molecule has 0 bridgehead atoms. The zero-order valence-electron chi connectivity index (χ0n) is 10.1. The number of carbonyl (C=O) groups excluding carboxylic acids is 2. The van der Waals surface area contributed by atoms with Crippen LogP contribution in [0.4, 0.5) is 0 Å². The summed E-state index contributed by atoms with van der Waals surface area (Å²) in [6.45, 7) is 3.73. The van der Waals surface area contributed by atoms with Gasteiger partial charge in [-0.05, 0) is 11.3 Å². The van der Waals surface area contributed by atoms with Crippen molar-refractivity contribution in [3.63, 3.8) is 0 Å². The van der Waals surface area contributed by atoms with Crippen LogP contribution in [0.15, 0.2) is 24.3 Å². The largest absolute Gasteiger partial charge is 0.466 e. The Bertz CT molecular complexity index is 384. The van der Waals surface area contributed by atoms with Gasteiger partial charge in [-0.25, -0.2) is 0 Å². The average Bonchev–Trinajstić information content (AvgIpc) is 2.30. The molecule has 0 aliphatic heterocycles. The van der Waals surface area contributed by atoms with Crippen molar-refractivity contribution in [2.75, 3.05) is 12.4 Å². The van der Waals surface area contributed by atoms with E-state index in [9.17, 15) is 9.59 Å². The molecule has 1 aromatic carbocycles. The van der Waals surface area contributed by atoms with Crippen molar-refractivity contribution in [2.45, 2.75) is 20.3 Å². The molecule has 0 unspecified atom stereocenters. The smallest absolute Gasteiger partial charge is 0.302 e. The Kier molecular flexibility index (Phi) is 5.77. The minimum absolute atomic E-state index is 0.0963. The number of rotatable bonds is 5. The van der Waals surface area contributed by atoms with E-state index in [0.29, 0.717) is 18.6 Å². The Labute approximate surface area is 106 Å². The first kappa shape index (κ1) is 13.8. The second-order valence-electron chi connectivity index (χ2n) is 3.51. The molecule has 0 atom stereocenters. The summed E-state index contributed by atoms with van der Waals surface area (Å²) in [6.07, 6.45) is 0.676. The third kappa shape index (κ3) is 5.04. The summed E-state index contributed by atoms with van der Waals surface area (Å²) >= 11 is 1.30. The molecule has 0 radical (unpaired) electrons. The molecule has 3 nitrogen and oxygen atoms in total. The van der Waals surface area contributed by atoms with E-state index in [1.165, 1.54) is 18.7 Å². The van der Waals surface area contributed by atoms with Gasteiger partial charge in [-0.2, -0.15) is 0 Å². The standard InChI is InChI=1S/C13H16O3S/c1-3-17-13(15)12-6-4-11(5-7-12)8-9-16-10(2)14/h4-7H,3,8-9H2,1-2H3. The fourth-order valence-electron chi connectivity index (χ4n) is 1.33. The van der Waals surface area contributed by atoms with Crippen LogP contribution in [0, 0.1) is 0 Å². The third-order valence-corrected chi connectivity index (χ3v) is 2.95. The predicted octanol–water partition coefficient (Wildman–Crippen LogP) is 2.69. The SMILES string of the molecule is CCSC(=O)c1ccc(CCOC(C)=O)cc1. The second-order valence-corrected chi connectivity index (χ2v) is 4.74. The zero-order valence-corrected chi connectivity index (χ0v) is 10.9.